The van der Waals surface area contributed by atoms with Gasteiger partial charge in [-0.15, -0.1) is 0 Å². The smallest absolute Gasteiger partial charge is 0.222 e. The van der Waals surface area contributed by atoms with Crippen molar-refractivity contribution in [3.63, 3.8) is 0 Å². The van der Waals surface area contributed by atoms with E-state index in [0.29, 0.717) is 12.5 Å². The standard InChI is InChI=1S/C15H30N2O2/c1-3-16(4-2)15(19)10-7-11-17(12-13-18)14-8-5-6-9-14/h14,18H,3-13H2,1-2H3. The molecule has 112 valence electrons. The molecule has 19 heavy (non-hydrogen) atoms. The average molecular weight is 270 g/mol. The van der Waals surface area contributed by atoms with E-state index in [2.05, 4.69) is 4.90 Å². The Bertz CT molecular complexity index is 249. The van der Waals surface area contributed by atoms with Crippen molar-refractivity contribution < 1.29 is 9.90 Å². The van der Waals surface area contributed by atoms with Crippen molar-refractivity contribution >= 4 is 5.91 Å². The molecule has 1 saturated carbocycles. The highest BCUT2D eigenvalue weighted by Gasteiger charge is 2.22. The van der Waals surface area contributed by atoms with Gasteiger partial charge >= 0.3 is 0 Å². The van der Waals surface area contributed by atoms with E-state index in [1.54, 1.807) is 0 Å². The molecule has 0 heterocycles. The number of aliphatic hydroxyl groups excluding tert-OH is 1. The minimum Gasteiger partial charge on any atom is -0.395 e. The van der Waals surface area contributed by atoms with E-state index in [9.17, 15) is 4.79 Å². The van der Waals surface area contributed by atoms with Gasteiger partial charge in [0, 0.05) is 32.1 Å². The van der Waals surface area contributed by atoms with Gasteiger partial charge in [0.1, 0.15) is 0 Å². The van der Waals surface area contributed by atoms with E-state index in [1.807, 2.05) is 18.7 Å². The lowest BCUT2D eigenvalue weighted by Gasteiger charge is -2.28. The fourth-order valence-electron chi connectivity index (χ4n) is 3.04. The van der Waals surface area contributed by atoms with Crippen molar-refractivity contribution in [1.29, 1.82) is 0 Å². The largest absolute Gasteiger partial charge is 0.395 e. The summed E-state index contributed by atoms with van der Waals surface area (Å²) in [5, 5.41) is 9.15. The Balaban J connectivity index is 2.29. The molecule has 1 rings (SSSR count). The summed E-state index contributed by atoms with van der Waals surface area (Å²) < 4.78 is 0. The number of hydrogen-bond donors (Lipinski definition) is 1. The van der Waals surface area contributed by atoms with Gasteiger partial charge in [0.05, 0.1) is 6.61 Å². The molecule has 0 bridgehead atoms. The Kier molecular flexibility index (Phi) is 8.07. The molecular formula is C15H30N2O2. The molecule has 4 heteroatoms. The number of amides is 1. The van der Waals surface area contributed by atoms with Crippen molar-refractivity contribution in [1.82, 2.24) is 9.80 Å². The third kappa shape index (κ3) is 5.49. The Hall–Kier alpha value is -0.610. The summed E-state index contributed by atoms with van der Waals surface area (Å²) in [6.07, 6.45) is 6.67. The first kappa shape index (κ1) is 16.4. The summed E-state index contributed by atoms with van der Waals surface area (Å²) in [6, 6.07) is 0.635. The van der Waals surface area contributed by atoms with Crippen LogP contribution in [0.25, 0.3) is 0 Å². The van der Waals surface area contributed by atoms with E-state index >= 15 is 0 Å². The topological polar surface area (TPSA) is 43.8 Å². The Morgan fingerprint density at radius 1 is 1.16 bits per heavy atom. The van der Waals surface area contributed by atoms with Crippen LogP contribution in [0.3, 0.4) is 0 Å². The first-order chi connectivity index (χ1) is 9.22. The molecule has 1 aliphatic carbocycles. The Morgan fingerprint density at radius 2 is 1.79 bits per heavy atom. The molecule has 1 amide bonds. The average Bonchev–Trinajstić information content (AvgIpc) is 2.93. The molecule has 0 aliphatic heterocycles. The van der Waals surface area contributed by atoms with Gasteiger partial charge in [0.2, 0.25) is 5.91 Å². The van der Waals surface area contributed by atoms with Gasteiger partial charge in [0.25, 0.3) is 0 Å². The van der Waals surface area contributed by atoms with E-state index in [1.165, 1.54) is 25.7 Å². The van der Waals surface area contributed by atoms with E-state index < -0.39 is 0 Å². The zero-order chi connectivity index (χ0) is 14.1. The van der Waals surface area contributed by atoms with Crippen LogP contribution >= 0.6 is 0 Å². The van der Waals surface area contributed by atoms with Crippen molar-refractivity contribution in [2.24, 2.45) is 0 Å². The van der Waals surface area contributed by atoms with E-state index in [4.69, 9.17) is 5.11 Å². The molecule has 0 aromatic carbocycles. The van der Waals surface area contributed by atoms with Crippen molar-refractivity contribution in [3.05, 3.63) is 0 Å². The maximum absolute atomic E-state index is 11.9. The lowest BCUT2D eigenvalue weighted by molar-refractivity contribution is -0.131. The van der Waals surface area contributed by atoms with Gasteiger partial charge in [0.15, 0.2) is 0 Å². The van der Waals surface area contributed by atoms with Gasteiger partial charge in [-0.05, 0) is 39.7 Å². The molecule has 0 saturated heterocycles. The number of aliphatic hydroxyl groups is 1. The zero-order valence-electron chi connectivity index (χ0n) is 12.6. The van der Waals surface area contributed by atoms with Crippen LogP contribution in [0.15, 0.2) is 0 Å². The summed E-state index contributed by atoms with van der Waals surface area (Å²) in [7, 11) is 0. The quantitative estimate of drug-likeness (QED) is 0.695. The molecule has 1 fully saturated rings. The van der Waals surface area contributed by atoms with Crippen LogP contribution in [0.4, 0.5) is 0 Å². The molecule has 0 radical (unpaired) electrons. The molecular weight excluding hydrogens is 240 g/mol. The summed E-state index contributed by atoms with van der Waals surface area (Å²) in [5.41, 5.74) is 0. The van der Waals surface area contributed by atoms with Crippen LogP contribution in [0.2, 0.25) is 0 Å². The van der Waals surface area contributed by atoms with Gasteiger partial charge < -0.3 is 10.0 Å². The van der Waals surface area contributed by atoms with Crippen LogP contribution < -0.4 is 0 Å². The van der Waals surface area contributed by atoms with Gasteiger partial charge in [-0.2, -0.15) is 0 Å². The van der Waals surface area contributed by atoms with Crippen molar-refractivity contribution in [3.8, 4) is 0 Å². The molecule has 1 N–H and O–H groups in total. The SMILES string of the molecule is CCN(CC)C(=O)CCCN(CCO)C1CCCC1. The number of rotatable bonds is 9. The highest BCUT2D eigenvalue weighted by molar-refractivity contribution is 5.76. The first-order valence-electron chi connectivity index (χ1n) is 7.85. The normalized spacial score (nSPS) is 16.2. The monoisotopic (exact) mass is 270 g/mol. The van der Waals surface area contributed by atoms with Gasteiger partial charge in [-0.25, -0.2) is 0 Å². The second-order valence-corrected chi connectivity index (χ2v) is 5.37. The molecule has 0 unspecified atom stereocenters. The molecule has 0 spiro atoms. The minimum absolute atomic E-state index is 0.223. The summed E-state index contributed by atoms with van der Waals surface area (Å²) >= 11 is 0. The lowest BCUT2D eigenvalue weighted by Crippen LogP contribution is -2.37. The van der Waals surface area contributed by atoms with Crippen LogP contribution in [-0.2, 0) is 4.79 Å². The molecule has 0 aromatic rings. The second kappa shape index (κ2) is 9.32. The fourth-order valence-corrected chi connectivity index (χ4v) is 3.04. The number of nitrogens with zero attached hydrogens (tertiary/aromatic N) is 2. The fraction of sp³-hybridized carbons (Fsp3) is 0.933. The van der Waals surface area contributed by atoms with Crippen molar-refractivity contribution in [2.45, 2.75) is 58.4 Å². The molecule has 4 nitrogen and oxygen atoms in total. The van der Waals surface area contributed by atoms with Crippen LogP contribution in [-0.4, -0.2) is 59.6 Å². The molecule has 1 aliphatic rings. The Labute approximate surface area is 117 Å². The van der Waals surface area contributed by atoms with Crippen molar-refractivity contribution in [2.75, 3.05) is 32.8 Å². The van der Waals surface area contributed by atoms with Crippen LogP contribution in [0.1, 0.15) is 52.4 Å². The third-order valence-corrected chi connectivity index (χ3v) is 4.18. The second-order valence-electron chi connectivity index (χ2n) is 5.37. The Morgan fingerprint density at radius 3 is 2.32 bits per heavy atom. The summed E-state index contributed by atoms with van der Waals surface area (Å²) in [6.45, 7) is 7.58. The number of hydrogen-bond acceptors (Lipinski definition) is 3. The maximum atomic E-state index is 11.9. The highest BCUT2D eigenvalue weighted by atomic mass is 16.3. The summed E-state index contributed by atoms with van der Waals surface area (Å²) in [4.78, 5) is 16.2. The summed E-state index contributed by atoms with van der Waals surface area (Å²) in [5.74, 6) is 0.264. The maximum Gasteiger partial charge on any atom is 0.222 e. The van der Waals surface area contributed by atoms with Crippen LogP contribution in [0.5, 0.6) is 0 Å². The van der Waals surface area contributed by atoms with E-state index in [0.717, 1.165) is 32.6 Å². The minimum atomic E-state index is 0.223. The van der Waals surface area contributed by atoms with Gasteiger partial charge in [-0.1, -0.05) is 12.8 Å². The third-order valence-electron chi connectivity index (χ3n) is 4.18. The van der Waals surface area contributed by atoms with Crippen LogP contribution in [0, 0.1) is 0 Å². The number of carbonyl (C=O) groups excluding carboxylic acids is 1. The van der Waals surface area contributed by atoms with Gasteiger partial charge in [-0.3, -0.25) is 9.69 Å². The molecule has 0 atom stereocenters. The first-order valence-corrected chi connectivity index (χ1v) is 7.85. The lowest BCUT2D eigenvalue weighted by atomic mass is 10.2. The predicted molar refractivity (Wildman–Crippen MR) is 78.1 cm³/mol. The highest BCUT2D eigenvalue weighted by Crippen LogP contribution is 2.23. The zero-order valence-corrected chi connectivity index (χ0v) is 12.6. The number of carbonyl (C=O) groups is 1. The predicted octanol–water partition coefficient (Wildman–Crippen LogP) is 1.87. The molecule has 0 aromatic heterocycles. The van der Waals surface area contributed by atoms with E-state index in [-0.39, 0.29) is 12.5 Å².